The molecular formula is C11H12N4O4. The molecule has 2 aromatic rings. The van der Waals surface area contributed by atoms with Crippen LogP contribution in [0, 0.1) is 17.0 Å². The summed E-state index contributed by atoms with van der Waals surface area (Å²) < 4.78 is 10.0. The van der Waals surface area contributed by atoms with Crippen molar-refractivity contribution in [3.05, 3.63) is 40.1 Å². The van der Waals surface area contributed by atoms with Crippen molar-refractivity contribution in [2.45, 2.75) is 13.5 Å². The van der Waals surface area contributed by atoms with Crippen molar-refractivity contribution < 1.29 is 14.1 Å². The first-order valence-corrected chi connectivity index (χ1v) is 5.45. The van der Waals surface area contributed by atoms with Gasteiger partial charge in [0.15, 0.2) is 0 Å². The predicted molar refractivity (Wildman–Crippen MR) is 66.0 cm³/mol. The van der Waals surface area contributed by atoms with Crippen LogP contribution in [0.2, 0.25) is 0 Å². The number of nitrogens with one attached hydrogen (secondary N) is 1. The molecule has 19 heavy (non-hydrogen) atoms. The molecule has 2 aromatic heterocycles. The molecule has 1 N–H and O–H groups in total. The molecule has 0 atom stereocenters. The number of anilines is 1. The molecule has 100 valence electrons. The van der Waals surface area contributed by atoms with Gasteiger partial charge in [-0.1, -0.05) is 0 Å². The van der Waals surface area contributed by atoms with Crippen LogP contribution in [0.1, 0.15) is 11.6 Å². The highest BCUT2D eigenvalue weighted by molar-refractivity contribution is 5.61. The maximum Gasteiger partial charge on any atom is 0.372 e. The van der Waals surface area contributed by atoms with Crippen molar-refractivity contribution in [2.75, 3.05) is 12.4 Å². The molecule has 0 spiro atoms. The summed E-state index contributed by atoms with van der Waals surface area (Å²) in [6, 6.07) is 3.49. The van der Waals surface area contributed by atoms with E-state index in [0.29, 0.717) is 11.6 Å². The number of methoxy groups -OCH3 is 1. The minimum Gasteiger partial charge on any atom is -0.476 e. The van der Waals surface area contributed by atoms with E-state index in [1.165, 1.54) is 13.4 Å². The van der Waals surface area contributed by atoms with Gasteiger partial charge in [0.25, 0.3) is 5.88 Å². The molecule has 0 fully saturated rings. The van der Waals surface area contributed by atoms with E-state index >= 15 is 0 Å². The number of aryl methyl sites for hydroxylation is 1. The zero-order valence-corrected chi connectivity index (χ0v) is 10.4. The molecule has 0 aliphatic heterocycles. The zero-order valence-electron chi connectivity index (χ0n) is 10.4. The molecule has 0 saturated carbocycles. The van der Waals surface area contributed by atoms with Gasteiger partial charge in [0.1, 0.15) is 11.6 Å². The second kappa shape index (κ2) is 5.34. The first-order valence-electron chi connectivity index (χ1n) is 5.45. The van der Waals surface area contributed by atoms with Gasteiger partial charge in [0.05, 0.1) is 24.8 Å². The summed E-state index contributed by atoms with van der Waals surface area (Å²) in [5, 5.41) is 13.9. The van der Waals surface area contributed by atoms with Crippen LogP contribution in [0.3, 0.4) is 0 Å². The molecule has 0 saturated heterocycles. The smallest absolute Gasteiger partial charge is 0.372 e. The Morgan fingerprint density at radius 2 is 2.32 bits per heavy atom. The molecule has 8 nitrogen and oxygen atoms in total. The summed E-state index contributed by atoms with van der Waals surface area (Å²) in [5.74, 6) is 1.05. The normalized spacial score (nSPS) is 10.2. The van der Waals surface area contributed by atoms with Crippen LogP contribution in [0.5, 0.6) is 5.88 Å². The summed E-state index contributed by atoms with van der Waals surface area (Å²) in [4.78, 5) is 18.4. The zero-order chi connectivity index (χ0) is 13.8. The average Bonchev–Trinajstić information content (AvgIpc) is 2.88. The van der Waals surface area contributed by atoms with Crippen molar-refractivity contribution in [1.82, 2.24) is 9.97 Å². The summed E-state index contributed by atoms with van der Waals surface area (Å²) in [6.07, 6.45) is 1.53. The number of rotatable bonds is 5. The Balaban J connectivity index is 2.32. The average molecular weight is 264 g/mol. The predicted octanol–water partition coefficient (Wildman–Crippen LogP) is 1.91. The molecule has 0 aromatic carbocycles. The minimum atomic E-state index is -0.581. The molecule has 0 radical (unpaired) electrons. The van der Waals surface area contributed by atoms with Gasteiger partial charge in [-0.2, -0.15) is 4.98 Å². The highest BCUT2D eigenvalue weighted by Crippen LogP contribution is 2.31. The van der Waals surface area contributed by atoms with Gasteiger partial charge >= 0.3 is 5.69 Å². The third-order valence-corrected chi connectivity index (χ3v) is 2.35. The number of hydrogen-bond acceptors (Lipinski definition) is 7. The quantitative estimate of drug-likeness (QED) is 0.649. The van der Waals surface area contributed by atoms with E-state index in [2.05, 4.69) is 15.3 Å². The van der Waals surface area contributed by atoms with Crippen molar-refractivity contribution in [3.8, 4) is 5.88 Å². The summed E-state index contributed by atoms with van der Waals surface area (Å²) in [5.41, 5.74) is -0.292. The van der Waals surface area contributed by atoms with E-state index in [9.17, 15) is 10.1 Å². The molecule has 0 bridgehead atoms. The van der Waals surface area contributed by atoms with Crippen LogP contribution in [-0.4, -0.2) is 22.0 Å². The Morgan fingerprint density at radius 1 is 1.53 bits per heavy atom. The van der Waals surface area contributed by atoms with Crippen LogP contribution in [0.15, 0.2) is 22.8 Å². The van der Waals surface area contributed by atoms with Crippen LogP contribution in [-0.2, 0) is 6.54 Å². The maximum absolute atomic E-state index is 11.1. The lowest BCUT2D eigenvalue weighted by atomic mass is 10.4. The lowest BCUT2D eigenvalue weighted by Gasteiger charge is -2.08. The second-order valence-corrected chi connectivity index (χ2v) is 3.67. The van der Waals surface area contributed by atoms with Crippen LogP contribution in [0.25, 0.3) is 0 Å². The SMILES string of the molecule is COc1nc(C)nc(NCc2ccco2)c1[N+](=O)[O-]. The van der Waals surface area contributed by atoms with E-state index in [-0.39, 0.29) is 23.9 Å². The van der Waals surface area contributed by atoms with E-state index in [0.717, 1.165) is 0 Å². The third-order valence-electron chi connectivity index (χ3n) is 2.35. The Kier molecular flexibility index (Phi) is 3.60. The fourth-order valence-corrected chi connectivity index (χ4v) is 1.56. The summed E-state index contributed by atoms with van der Waals surface area (Å²) in [6.45, 7) is 1.91. The standard InChI is InChI=1S/C11H12N4O4/c1-7-13-10(12-6-8-4-3-5-19-8)9(15(16)17)11(14-7)18-2/h3-5H,6H2,1-2H3,(H,12,13,14). The lowest BCUT2D eigenvalue weighted by molar-refractivity contribution is -0.385. The van der Waals surface area contributed by atoms with E-state index < -0.39 is 4.92 Å². The van der Waals surface area contributed by atoms with E-state index in [4.69, 9.17) is 9.15 Å². The Morgan fingerprint density at radius 3 is 2.89 bits per heavy atom. The fourth-order valence-electron chi connectivity index (χ4n) is 1.56. The molecule has 0 unspecified atom stereocenters. The number of nitrogens with zero attached hydrogens (tertiary/aromatic N) is 3. The highest BCUT2D eigenvalue weighted by Gasteiger charge is 2.25. The fraction of sp³-hybridized carbons (Fsp3) is 0.273. The number of aromatic nitrogens is 2. The summed E-state index contributed by atoms with van der Waals surface area (Å²) in [7, 11) is 1.32. The topological polar surface area (TPSA) is 103 Å². The largest absolute Gasteiger partial charge is 0.476 e. The number of ether oxygens (including phenoxy) is 1. The van der Waals surface area contributed by atoms with Gasteiger partial charge in [-0.05, 0) is 19.1 Å². The monoisotopic (exact) mass is 264 g/mol. The minimum absolute atomic E-state index is 0.0700. The maximum atomic E-state index is 11.1. The van der Waals surface area contributed by atoms with Gasteiger partial charge < -0.3 is 14.5 Å². The van der Waals surface area contributed by atoms with Crippen LogP contribution in [0.4, 0.5) is 11.5 Å². The molecule has 2 heterocycles. The third kappa shape index (κ3) is 2.79. The molecule has 2 rings (SSSR count). The Hall–Kier alpha value is -2.64. The number of furan rings is 1. The molecule has 8 heteroatoms. The first kappa shape index (κ1) is 12.8. The van der Waals surface area contributed by atoms with Crippen molar-refractivity contribution in [1.29, 1.82) is 0 Å². The Labute approximate surface area is 108 Å². The van der Waals surface area contributed by atoms with Gasteiger partial charge in [0, 0.05) is 0 Å². The lowest BCUT2D eigenvalue weighted by Crippen LogP contribution is -2.08. The highest BCUT2D eigenvalue weighted by atomic mass is 16.6. The number of nitro groups is 1. The Bertz CT molecular complexity index is 583. The van der Waals surface area contributed by atoms with Crippen molar-refractivity contribution in [2.24, 2.45) is 0 Å². The van der Waals surface area contributed by atoms with Crippen LogP contribution >= 0.6 is 0 Å². The van der Waals surface area contributed by atoms with Gasteiger partial charge in [-0.3, -0.25) is 10.1 Å². The first-order chi connectivity index (χ1) is 9.11. The van der Waals surface area contributed by atoms with Gasteiger partial charge in [-0.15, -0.1) is 0 Å². The second-order valence-electron chi connectivity index (χ2n) is 3.67. The van der Waals surface area contributed by atoms with E-state index in [1.807, 2.05) is 0 Å². The molecule has 0 aliphatic carbocycles. The van der Waals surface area contributed by atoms with Crippen molar-refractivity contribution in [3.63, 3.8) is 0 Å². The van der Waals surface area contributed by atoms with Crippen molar-refractivity contribution >= 4 is 11.5 Å². The van der Waals surface area contributed by atoms with E-state index in [1.54, 1.807) is 19.1 Å². The number of hydrogen-bond donors (Lipinski definition) is 1. The molecule has 0 aliphatic rings. The summed E-state index contributed by atoms with van der Waals surface area (Å²) >= 11 is 0. The molecule has 0 amide bonds. The van der Waals surface area contributed by atoms with Gasteiger partial charge in [-0.25, -0.2) is 4.98 Å². The van der Waals surface area contributed by atoms with Crippen LogP contribution < -0.4 is 10.1 Å². The van der Waals surface area contributed by atoms with Gasteiger partial charge in [0.2, 0.25) is 5.82 Å². The molecular weight excluding hydrogens is 252 g/mol.